The Labute approximate surface area is 160 Å². The molecule has 1 aromatic carbocycles. The number of piperidine rings is 1. The van der Waals surface area contributed by atoms with E-state index in [0.29, 0.717) is 37.8 Å². The van der Waals surface area contributed by atoms with Crippen molar-refractivity contribution in [3.8, 4) is 0 Å². The molecule has 0 atom stereocenters. The van der Waals surface area contributed by atoms with E-state index < -0.39 is 17.5 Å². The summed E-state index contributed by atoms with van der Waals surface area (Å²) in [4.78, 5) is 10.8. The van der Waals surface area contributed by atoms with Gasteiger partial charge in [0.05, 0.1) is 24.5 Å². The number of para-hydroxylation sites is 1. The second kappa shape index (κ2) is 7.21. The highest BCUT2D eigenvalue weighted by Crippen LogP contribution is 2.36. The number of alkyl halides is 3. The molecule has 1 N–H and O–H groups in total. The summed E-state index contributed by atoms with van der Waals surface area (Å²) in [5.41, 5.74) is -0.153. The summed E-state index contributed by atoms with van der Waals surface area (Å²) in [5.74, 6) is 0.318. The smallest absolute Gasteiger partial charge is 0.356 e. The number of nitrogens with zero attached hydrogens (tertiary/aromatic N) is 3. The second-order valence-corrected chi connectivity index (χ2v) is 6.95. The Morgan fingerprint density at radius 3 is 2.43 bits per heavy atom. The van der Waals surface area contributed by atoms with Crippen LogP contribution in [0.3, 0.4) is 0 Å². The van der Waals surface area contributed by atoms with Gasteiger partial charge in [0.1, 0.15) is 5.82 Å². The molecule has 1 spiro atoms. The molecule has 2 aliphatic rings. The molecule has 1 aromatic heterocycles. The molecule has 9 heteroatoms. The molecule has 0 aliphatic carbocycles. The third-order valence-electron chi connectivity index (χ3n) is 4.98. The first-order valence-electron chi connectivity index (χ1n) is 9.16. The summed E-state index contributed by atoms with van der Waals surface area (Å²) >= 11 is 0. The Bertz CT molecular complexity index is 843. The highest BCUT2D eigenvalue weighted by molar-refractivity contribution is 5.60. The van der Waals surface area contributed by atoms with Gasteiger partial charge in [-0.05, 0) is 19.1 Å². The predicted octanol–water partition coefficient (Wildman–Crippen LogP) is 3.89. The van der Waals surface area contributed by atoms with Crippen molar-refractivity contribution in [1.29, 1.82) is 0 Å². The molecule has 2 fully saturated rings. The zero-order chi connectivity index (χ0) is 19.8. The van der Waals surface area contributed by atoms with E-state index in [-0.39, 0.29) is 11.6 Å². The second-order valence-electron chi connectivity index (χ2n) is 6.95. The third-order valence-corrected chi connectivity index (χ3v) is 4.98. The summed E-state index contributed by atoms with van der Waals surface area (Å²) in [6.45, 7) is 4.39. The van der Waals surface area contributed by atoms with Gasteiger partial charge in [0.25, 0.3) is 0 Å². The molecule has 0 unspecified atom stereocenters. The first-order chi connectivity index (χ1) is 13.3. The molecular formula is C19H21F3N4O2. The van der Waals surface area contributed by atoms with Crippen molar-refractivity contribution >= 4 is 17.5 Å². The predicted molar refractivity (Wildman–Crippen MR) is 97.6 cm³/mol. The highest BCUT2D eigenvalue weighted by Gasteiger charge is 2.40. The maximum Gasteiger partial charge on any atom is 0.418 e. The van der Waals surface area contributed by atoms with E-state index in [2.05, 4.69) is 20.2 Å². The van der Waals surface area contributed by atoms with Gasteiger partial charge in [-0.25, -0.2) is 4.98 Å². The van der Waals surface area contributed by atoms with Crippen LogP contribution >= 0.6 is 0 Å². The van der Waals surface area contributed by atoms with Gasteiger partial charge >= 0.3 is 6.18 Å². The van der Waals surface area contributed by atoms with Gasteiger partial charge < -0.3 is 19.7 Å². The maximum atomic E-state index is 13.2. The number of aromatic nitrogens is 2. The molecule has 28 heavy (non-hydrogen) atoms. The topological polar surface area (TPSA) is 59.5 Å². The summed E-state index contributed by atoms with van der Waals surface area (Å²) in [6.07, 6.45) is -3.02. The van der Waals surface area contributed by atoms with E-state index in [1.54, 1.807) is 13.0 Å². The standard InChI is InChI=1S/C19H21F3N4O2/c1-13-12-16(26-8-6-18(7-9-26)27-10-11-28-18)25-17(23-13)24-15-5-3-2-4-14(15)19(20,21)22/h2-5,12H,6-11H2,1H3,(H,23,24,25). The Morgan fingerprint density at radius 2 is 1.75 bits per heavy atom. The normalized spacial score (nSPS) is 19.2. The Hall–Kier alpha value is -2.39. The van der Waals surface area contributed by atoms with Crippen LogP contribution in [0.25, 0.3) is 0 Å². The summed E-state index contributed by atoms with van der Waals surface area (Å²) < 4.78 is 51.2. The highest BCUT2D eigenvalue weighted by atomic mass is 19.4. The van der Waals surface area contributed by atoms with Crippen LogP contribution in [-0.2, 0) is 15.7 Å². The van der Waals surface area contributed by atoms with Gasteiger partial charge in [-0.15, -0.1) is 0 Å². The number of nitrogens with one attached hydrogen (secondary N) is 1. The lowest BCUT2D eigenvalue weighted by Crippen LogP contribution is -2.45. The molecule has 2 aromatic rings. The SMILES string of the molecule is Cc1cc(N2CCC3(CC2)OCCO3)nc(Nc2ccccc2C(F)(F)F)n1. The van der Waals surface area contributed by atoms with Crippen molar-refractivity contribution in [1.82, 2.24) is 9.97 Å². The molecule has 6 nitrogen and oxygen atoms in total. The number of hydrogen-bond donors (Lipinski definition) is 1. The average Bonchev–Trinajstić information content (AvgIpc) is 3.09. The van der Waals surface area contributed by atoms with Crippen LogP contribution in [0.1, 0.15) is 24.1 Å². The van der Waals surface area contributed by atoms with E-state index in [1.165, 1.54) is 12.1 Å². The molecule has 150 valence electrons. The minimum atomic E-state index is -4.46. The van der Waals surface area contributed by atoms with E-state index in [1.807, 2.05) is 6.07 Å². The van der Waals surface area contributed by atoms with Crippen LogP contribution in [0.5, 0.6) is 0 Å². The number of benzene rings is 1. The Morgan fingerprint density at radius 1 is 1.07 bits per heavy atom. The number of hydrogen-bond acceptors (Lipinski definition) is 6. The van der Waals surface area contributed by atoms with Crippen molar-refractivity contribution < 1.29 is 22.6 Å². The molecule has 2 aliphatic heterocycles. The van der Waals surface area contributed by atoms with Crippen LogP contribution in [-0.4, -0.2) is 42.1 Å². The fourth-order valence-corrected chi connectivity index (χ4v) is 3.59. The van der Waals surface area contributed by atoms with Gasteiger partial charge in [-0.2, -0.15) is 18.2 Å². The molecule has 0 radical (unpaired) electrons. The third kappa shape index (κ3) is 3.90. The number of ether oxygens (including phenoxy) is 2. The lowest BCUT2D eigenvalue weighted by atomic mass is 10.0. The van der Waals surface area contributed by atoms with E-state index in [9.17, 15) is 13.2 Å². The van der Waals surface area contributed by atoms with Crippen LogP contribution in [0.2, 0.25) is 0 Å². The Kier molecular flexibility index (Phi) is 4.88. The number of rotatable bonds is 3. The quantitative estimate of drug-likeness (QED) is 0.852. The first kappa shape index (κ1) is 18.9. The molecule has 0 bridgehead atoms. The van der Waals surface area contributed by atoms with Gasteiger partial charge in [-0.3, -0.25) is 0 Å². The minimum Gasteiger partial charge on any atom is -0.356 e. The summed E-state index contributed by atoms with van der Waals surface area (Å²) in [6, 6.07) is 7.13. The largest absolute Gasteiger partial charge is 0.418 e. The van der Waals surface area contributed by atoms with Crippen molar-refractivity contribution in [2.24, 2.45) is 0 Å². The van der Waals surface area contributed by atoms with E-state index in [4.69, 9.17) is 9.47 Å². The molecule has 4 rings (SSSR count). The van der Waals surface area contributed by atoms with Crippen molar-refractivity contribution in [2.45, 2.75) is 31.7 Å². The first-order valence-corrected chi connectivity index (χ1v) is 9.16. The molecule has 0 amide bonds. The minimum absolute atomic E-state index is 0.0723. The van der Waals surface area contributed by atoms with E-state index >= 15 is 0 Å². The Balaban J connectivity index is 1.54. The average molecular weight is 394 g/mol. The van der Waals surface area contributed by atoms with Crippen molar-refractivity contribution in [3.63, 3.8) is 0 Å². The number of anilines is 3. The molecule has 3 heterocycles. The number of halogens is 3. The van der Waals surface area contributed by atoms with Gasteiger partial charge in [0.15, 0.2) is 5.79 Å². The van der Waals surface area contributed by atoms with Gasteiger partial charge in [-0.1, -0.05) is 12.1 Å². The van der Waals surface area contributed by atoms with Crippen LogP contribution in [0.15, 0.2) is 30.3 Å². The van der Waals surface area contributed by atoms with Crippen LogP contribution in [0.4, 0.5) is 30.6 Å². The summed E-state index contributed by atoms with van der Waals surface area (Å²) in [7, 11) is 0. The van der Waals surface area contributed by atoms with Gasteiger partial charge in [0, 0.05) is 37.7 Å². The molecular weight excluding hydrogens is 373 g/mol. The monoisotopic (exact) mass is 394 g/mol. The van der Waals surface area contributed by atoms with E-state index in [0.717, 1.165) is 18.9 Å². The van der Waals surface area contributed by atoms with Crippen molar-refractivity contribution in [3.05, 3.63) is 41.6 Å². The zero-order valence-electron chi connectivity index (χ0n) is 15.4. The van der Waals surface area contributed by atoms with Gasteiger partial charge in [0.2, 0.25) is 5.95 Å². The van der Waals surface area contributed by atoms with Crippen molar-refractivity contribution in [2.75, 3.05) is 36.5 Å². The fraction of sp³-hybridized carbons (Fsp3) is 0.474. The lowest BCUT2D eigenvalue weighted by Gasteiger charge is -2.38. The molecule has 2 saturated heterocycles. The lowest BCUT2D eigenvalue weighted by molar-refractivity contribution is -0.169. The zero-order valence-corrected chi connectivity index (χ0v) is 15.4. The van der Waals surface area contributed by atoms with Crippen LogP contribution in [0, 0.1) is 6.92 Å². The molecule has 0 saturated carbocycles. The number of aryl methyl sites for hydroxylation is 1. The fourth-order valence-electron chi connectivity index (χ4n) is 3.59. The van der Waals surface area contributed by atoms with Crippen LogP contribution < -0.4 is 10.2 Å². The maximum absolute atomic E-state index is 13.2. The summed E-state index contributed by atoms with van der Waals surface area (Å²) in [5, 5.41) is 2.73.